The summed E-state index contributed by atoms with van der Waals surface area (Å²) in [6.45, 7) is 8.10. The molecule has 0 atom stereocenters. The SMILES string of the molecule is CCc1ccccc1-n1c(C)cc(/C=C2\C(=O)NC(=S)N(c3cccc(C)c3)C2=O)c1C. The van der Waals surface area contributed by atoms with Crippen LogP contribution in [0.15, 0.2) is 60.2 Å². The lowest BCUT2D eigenvalue weighted by molar-refractivity contribution is -0.122. The van der Waals surface area contributed by atoms with E-state index in [0.717, 1.165) is 34.6 Å². The minimum atomic E-state index is -0.484. The van der Waals surface area contributed by atoms with Crippen LogP contribution in [-0.4, -0.2) is 21.5 Å². The summed E-state index contributed by atoms with van der Waals surface area (Å²) in [6.07, 6.45) is 2.57. The first-order chi connectivity index (χ1) is 15.3. The van der Waals surface area contributed by atoms with E-state index in [1.165, 1.54) is 10.5 Å². The number of aromatic nitrogens is 1. The van der Waals surface area contributed by atoms with Crippen molar-refractivity contribution in [3.05, 3.63) is 88.2 Å². The van der Waals surface area contributed by atoms with Crippen molar-refractivity contribution in [3.8, 4) is 5.69 Å². The largest absolute Gasteiger partial charge is 0.318 e. The maximum absolute atomic E-state index is 13.3. The molecule has 2 heterocycles. The van der Waals surface area contributed by atoms with E-state index in [2.05, 4.69) is 28.9 Å². The van der Waals surface area contributed by atoms with Gasteiger partial charge in [-0.25, -0.2) is 0 Å². The molecule has 0 spiro atoms. The molecule has 2 amide bonds. The molecular formula is C26H25N3O2S. The number of anilines is 1. The van der Waals surface area contributed by atoms with Crippen molar-refractivity contribution in [3.63, 3.8) is 0 Å². The van der Waals surface area contributed by atoms with Gasteiger partial charge in [0.05, 0.1) is 5.69 Å². The van der Waals surface area contributed by atoms with Crippen molar-refractivity contribution in [2.75, 3.05) is 4.90 Å². The topological polar surface area (TPSA) is 54.3 Å². The second-order valence-electron chi connectivity index (χ2n) is 7.94. The van der Waals surface area contributed by atoms with Crippen LogP contribution in [0, 0.1) is 20.8 Å². The van der Waals surface area contributed by atoms with E-state index in [1.807, 2.05) is 57.2 Å². The molecular weight excluding hydrogens is 418 g/mol. The fourth-order valence-corrected chi connectivity index (χ4v) is 4.43. The standard InChI is InChI=1S/C26H25N3O2S/c1-5-19-10-6-7-12-23(19)28-17(3)14-20(18(28)4)15-22-24(30)27-26(32)29(25(22)31)21-11-8-9-16(2)13-21/h6-15H,5H2,1-4H3,(H,27,30,32)/b22-15+. The minimum Gasteiger partial charge on any atom is -0.318 e. The predicted octanol–water partition coefficient (Wildman–Crippen LogP) is 4.80. The summed E-state index contributed by atoms with van der Waals surface area (Å²) in [5, 5.41) is 2.75. The highest BCUT2D eigenvalue weighted by molar-refractivity contribution is 7.80. The number of thiocarbonyl (C=S) groups is 1. The Morgan fingerprint density at radius 2 is 1.75 bits per heavy atom. The molecule has 2 aromatic carbocycles. The summed E-state index contributed by atoms with van der Waals surface area (Å²) in [7, 11) is 0. The molecule has 1 aliphatic rings. The second-order valence-corrected chi connectivity index (χ2v) is 8.33. The molecule has 3 aromatic rings. The van der Waals surface area contributed by atoms with Gasteiger partial charge < -0.3 is 4.57 Å². The molecule has 0 radical (unpaired) electrons. The molecule has 0 saturated carbocycles. The maximum atomic E-state index is 13.3. The van der Waals surface area contributed by atoms with Crippen LogP contribution in [0.3, 0.4) is 0 Å². The number of aryl methyl sites for hydroxylation is 3. The van der Waals surface area contributed by atoms with E-state index in [0.29, 0.717) is 5.69 Å². The van der Waals surface area contributed by atoms with E-state index >= 15 is 0 Å². The number of para-hydroxylation sites is 1. The second kappa shape index (κ2) is 8.55. The Hall–Kier alpha value is -3.51. The summed E-state index contributed by atoms with van der Waals surface area (Å²) in [4.78, 5) is 27.4. The minimum absolute atomic E-state index is 0.0594. The van der Waals surface area contributed by atoms with Gasteiger partial charge in [-0.05, 0) is 86.4 Å². The first kappa shape index (κ1) is 21.7. The molecule has 0 aliphatic carbocycles. The van der Waals surface area contributed by atoms with Gasteiger partial charge in [-0.1, -0.05) is 37.3 Å². The average Bonchev–Trinajstić information content (AvgIpc) is 3.03. The van der Waals surface area contributed by atoms with Crippen molar-refractivity contribution in [1.29, 1.82) is 0 Å². The van der Waals surface area contributed by atoms with Crippen molar-refractivity contribution in [2.24, 2.45) is 0 Å². The molecule has 6 heteroatoms. The zero-order valence-corrected chi connectivity index (χ0v) is 19.4. The average molecular weight is 444 g/mol. The molecule has 5 nitrogen and oxygen atoms in total. The highest BCUT2D eigenvalue weighted by Gasteiger charge is 2.34. The number of rotatable bonds is 4. The smallest absolute Gasteiger partial charge is 0.270 e. The third-order valence-corrected chi connectivity index (χ3v) is 6.03. The Morgan fingerprint density at radius 1 is 1.00 bits per heavy atom. The predicted molar refractivity (Wildman–Crippen MR) is 132 cm³/mol. The van der Waals surface area contributed by atoms with Crippen LogP contribution in [0.2, 0.25) is 0 Å². The highest BCUT2D eigenvalue weighted by atomic mass is 32.1. The first-order valence-electron chi connectivity index (χ1n) is 10.6. The molecule has 1 aromatic heterocycles. The van der Waals surface area contributed by atoms with Crippen LogP contribution in [0.4, 0.5) is 5.69 Å². The van der Waals surface area contributed by atoms with Crippen LogP contribution in [0.5, 0.6) is 0 Å². The van der Waals surface area contributed by atoms with Crippen LogP contribution in [0.1, 0.15) is 35.0 Å². The first-order valence-corrected chi connectivity index (χ1v) is 11.0. The molecule has 0 unspecified atom stereocenters. The lowest BCUT2D eigenvalue weighted by Crippen LogP contribution is -2.54. The molecule has 1 saturated heterocycles. The Bertz CT molecular complexity index is 1290. The van der Waals surface area contributed by atoms with Crippen LogP contribution in [-0.2, 0) is 16.0 Å². The fourth-order valence-electron chi connectivity index (χ4n) is 4.15. The van der Waals surface area contributed by atoms with E-state index < -0.39 is 11.8 Å². The van der Waals surface area contributed by atoms with Gasteiger partial charge in [-0.2, -0.15) is 0 Å². The summed E-state index contributed by atoms with van der Waals surface area (Å²) in [5.41, 5.74) is 6.85. The van der Waals surface area contributed by atoms with E-state index in [4.69, 9.17) is 12.2 Å². The number of hydrogen-bond acceptors (Lipinski definition) is 3. The quantitative estimate of drug-likeness (QED) is 0.358. The normalized spacial score (nSPS) is 15.4. The van der Waals surface area contributed by atoms with Crippen molar-refractivity contribution < 1.29 is 9.59 Å². The third kappa shape index (κ3) is 3.78. The Morgan fingerprint density at radius 3 is 2.47 bits per heavy atom. The van der Waals surface area contributed by atoms with Crippen molar-refractivity contribution in [1.82, 2.24) is 9.88 Å². The number of nitrogens with zero attached hydrogens (tertiary/aromatic N) is 2. The highest BCUT2D eigenvalue weighted by Crippen LogP contribution is 2.27. The van der Waals surface area contributed by atoms with Crippen molar-refractivity contribution >= 4 is 40.9 Å². The zero-order chi connectivity index (χ0) is 23.0. The molecule has 32 heavy (non-hydrogen) atoms. The number of benzene rings is 2. The van der Waals surface area contributed by atoms with Crippen LogP contribution in [0.25, 0.3) is 11.8 Å². The maximum Gasteiger partial charge on any atom is 0.270 e. The number of hydrogen-bond donors (Lipinski definition) is 1. The summed E-state index contributed by atoms with van der Waals surface area (Å²) >= 11 is 5.31. The monoisotopic (exact) mass is 443 g/mol. The number of amides is 2. The lowest BCUT2D eigenvalue weighted by atomic mass is 10.1. The summed E-state index contributed by atoms with van der Waals surface area (Å²) in [5.74, 6) is -0.911. The van der Waals surface area contributed by atoms with Crippen molar-refractivity contribution in [2.45, 2.75) is 34.1 Å². The van der Waals surface area contributed by atoms with Gasteiger partial charge in [-0.15, -0.1) is 0 Å². The Labute approximate surface area is 193 Å². The van der Waals surface area contributed by atoms with Crippen LogP contribution >= 0.6 is 12.2 Å². The van der Waals surface area contributed by atoms with Gasteiger partial charge in [0.1, 0.15) is 5.57 Å². The third-order valence-electron chi connectivity index (χ3n) is 5.75. The van der Waals surface area contributed by atoms with Gasteiger partial charge in [0.25, 0.3) is 11.8 Å². The molecule has 1 aliphatic heterocycles. The summed E-state index contributed by atoms with van der Waals surface area (Å²) < 4.78 is 2.17. The molecule has 1 N–H and O–H groups in total. The van der Waals surface area contributed by atoms with Crippen LogP contribution < -0.4 is 10.2 Å². The molecule has 4 rings (SSSR count). The summed E-state index contributed by atoms with van der Waals surface area (Å²) in [6, 6.07) is 17.7. The lowest BCUT2D eigenvalue weighted by Gasteiger charge is -2.29. The molecule has 1 fully saturated rings. The molecule has 0 bridgehead atoms. The van der Waals surface area contributed by atoms with E-state index in [1.54, 1.807) is 12.1 Å². The Balaban J connectivity index is 1.79. The van der Waals surface area contributed by atoms with Gasteiger partial charge in [0.2, 0.25) is 0 Å². The van der Waals surface area contributed by atoms with Gasteiger partial charge >= 0.3 is 0 Å². The number of nitrogens with one attached hydrogen (secondary N) is 1. The number of carbonyl (C=O) groups excluding carboxylic acids is 2. The fraction of sp³-hybridized carbons (Fsp3) is 0.192. The van der Waals surface area contributed by atoms with Gasteiger partial charge in [0, 0.05) is 17.1 Å². The van der Waals surface area contributed by atoms with E-state index in [-0.39, 0.29) is 10.7 Å². The van der Waals surface area contributed by atoms with E-state index in [9.17, 15) is 9.59 Å². The Kier molecular flexibility index (Phi) is 5.80. The number of carbonyl (C=O) groups is 2. The zero-order valence-electron chi connectivity index (χ0n) is 18.6. The van der Waals surface area contributed by atoms with Gasteiger partial charge in [-0.3, -0.25) is 19.8 Å². The van der Waals surface area contributed by atoms with Gasteiger partial charge in [0.15, 0.2) is 5.11 Å². The molecule has 162 valence electrons.